The first-order valence-electron chi connectivity index (χ1n) is 8.86. The van der Waals surface area contributed by atoms with E-state index in [-0.39, 0.29) is 12.6 Å². The van der Waals surface area contributed by atoms with E-state index in [1.807, 2.05) is 30.3 Å². The molecule has 0 aliphatic carbocycles. The molecule has 0 saturated carbocycles. The molecule has 2 aliphatic heterocycles. The third kappa shape index (κ3) is 4.94. The molecule has 0 aromatic heterocycles. The number of benzene rings is 1. The Morgan fingerprint density at radius 3 is 2.35 bits per heavy atom. The highest BCUT2D eigenvalue weighted by atomic mass is 32.2. The van der Waals surface area contributed by atoms with E-state index in [4.69, 9.17) is 9.47 Å². The van der Waals surface area contributed by atoms with Crippen LogP contribution >= 0.6 is 0 Å². The zero-order valence-electron chi connectivity index (χ0n) is 14.7. The first-order chi connectivity index (χ1) is 12.6. The van der Waals surface area contributed by atoms with Gasteiger partial charge in [0.1, 0.15) is 6.61 Å². The lowest BCUT2D eigenvalue weighted by Crippen LogP contribution is -2.53. The molecular formula is C17H25N3O5S. The lowest BCUT2D eigenvalue weighted by molar-refractivity contribution is 0.0694. The molecule has 0 spiro atoms. The fourth-order valence-electron chi connectivity index (χ4n) is 3.10. The number of ether oxygens (including phenoxy) is 2. The molecule has 0 radical (unpaired) electrons. The molecule has 8 nitrogen and oxygen atoms in total. The minimum absolute atomic E-state index is 0.0746. The van der Waals surface area contributed by atoms with Crippen LogP contribution in [0.1, 0.15) is 18.4 Å². The Morgan fingerprint density at radius 1 is 1.08 bits per heavy atom. The number of rotatable bonds is 5. The van der Waals surface area contributed by atoms with E-state index in [9.17, 15) is 13.2 Å². The van der Waals surface area contributed by atoms with Gasteiger partial charge in [-0.15, -0.1) is 0 Å². The van der Waals surface area contributed by atoms with Crippen molar-refractivity contribution in [2.75, 3.05) is 39.4 Å². The Kier molecular flexibility index (Phi) is 6.47. The normalized spacial score (nSPS) is 20.6. The molecule has 0 bridgehead atoms. The van der Waals surface area contributed by atoms with Gasteiger partial charge < -0.3 is 14.8 Å². The van der Waals surface area contributed by atoms with Gasteiger partial charge in [0.25, 0.3) is 10.2 Å². The van der Waals surface area contributed by atoms with Crippen molar-refractivity contribution in [2.45, 2.75) is 25.5 Å². The van der Waals surface area contributed by atoms with Crippen molar-refractivity contribution in [2.24, 2.45) is 0 Å². The zero-order chi connectivity index (χ0) is 18.4. The van der Waals surface area contributed by atoms with Crippen molar-refractivity contribution in [3.63, 3.8) is 0 Å². The van der Waals surface area contributed by atoms with Crippen LogP contribution < -0.4 is 5.32 Å². The maximum Gasteiger partial charge on any atom is 0.407 e. The van der Waals surface area contributed by atoms with Crippen molar-refractivity contribution in [1.82, 2.24) is 13.9 Å². The molecular weight excluding hydrogens is 358 g/mol. The zero-order valence-corrected chi connectivity index (χ0v) is 15.5. The molecule has 2 saturated heterocycles. The summed E-state index contributed by atoms with van der Waals surface area (Å²) in [5.74, 6) is 0. The van der Waals surface area contributed by atoms with Gasteiger partial charge in [-0.1, -0.05) is 30.3 Å². The molecule has 1 amide bonds. The van der Waals surface area contributed by atoms with Crippen LogP contribution in [0.3, 0.4) is 0 Å². The minimum Gasteiger partial charge on any atom is -0.445 e. The lowest BCUT2D eigenvalue weighted by Gasteiger charge is -2.36. The summed E-state index contributed by atoms with van der Waals surface area (Å²) in [4.78, 5) is 11.9. The van der Waals surface area contributed by atoms with Crippen molar-refractivity contribution >= 4 is 16.3 Å². The Morgan fingerprint density at radius 2 is 1.69 bits per heavy atom. The van der Waals surface area contributed by atoms with Gasteiger partial charge in [-0.25, -0.2) is 4.79 Å². The van der Waals surface area contributed by atoms with Crippen LogP contribution in [0.15, 0.2) is 30.3 Å². The summed E-state index contributed by atoms with van der Waals surface area (Å²) in [5.41, 5.74) is 0.925. The number of hydrogen-bond donors (Lipinski definition) is 1. The summed E-state index contributed by atoms with van der Waals surface area (Å²) in [5, 5.41) is 2.82. The third-order valence-electron chi connectivity index (χ3n) is 4.61. The summed E-state index contributed by atoms with van der Waals surface area (Å²) >= 11 is 0. The number of carbonyl (C=O) groups is 1. The molecule has 3 rings (SSSR count). The molecule has 1 aromatic carbocycles. The predicted octanol–water partition coefficient (Wildman–Crippen LogP) is 0.954. The second-order valence-corrected chi connectivity index (χ2v) is 8.33. The fourth-order valence-corrected chi connectivity index (χ4v) is 4.71. The van der Waals surface area contributed by atoms with Gasteiger partial charge in [0.2, 0.25) is 0 Å². The molecule has 144 valence electrons. The number of nitrogens with one attached hydrogen (secondary N) is 1. The summed E-state index contributed by atoms with van der Waals surface area (Å²) in [7, 11) is -3.44. The van der Waals surface area contributed by atoms with Crippen molar-refractivity contribution < 1.29 is 22.7 Å². The molecule has 2 aliphatic rings. The maximum atomic E-state index is 12.6. The molecule has 0 unspecified atom stereocenters. The Balaban J connectivity index is 1.42. The van der Waals surface area contributed by atoms with Gasteiger partial charge in [0, 0.05) is 32.2 Å². The van der Waals surface area contributed by atoms with Crippen molar-refractivity contribution in [3.8, 4) is 0 Å². The van der Waals surface area contributed by atoms with E-state index >= 15 is 0 Å². The summed E-state index contributed by atoms with van der Waals surface area (Å²) in [6.07, 6.45) is 0.678. The first-order valence-corrected chi connectivity index (χ1v) is 10.3. The second kappa shape index (κ2) is 8.81. The van der Waals surface area contributed by atoms with Crippen LogP contribution in [0.5, 0.6) is 0 Å². The van der Waals surface area contributed by atoms with Crippen LogP contribution in [0.2, 0.25) is 0 Å². The summed E-state index contributed by atoms with van der Waals surface area (Å²) in [6, 6.07) is 9.39. The van der Waals surface area contributed by atoms with Crippen LogP contribution in [0.25, 0.3) is 0 Å². The van der Waals surface area contributed by atoms with Gasteiger partial charge in [-0.05, 0) is 18.4 Å². The smallest absolute Gasteiger partial charge is 0.407 e. The number of amides is 1. The number of alkyl carbamates (subject to hydrolysis) is 1. The van der Waals surface area contributed by atoms with Gasteiger partial charge in [-0.2, -0.15) is 17.0 Å². The van der Waals surface area contributed by atoms with E-state index < -0.39 is 16.3 Å². The minimum atomic E-state index is -3.44. The number of morpholine rings is 1. The average Bonchev–Trinajstić information content (AvgIpc) is 2.68. The number of carbonyl (C=O) groups excluding carboxylic acids is 1. The predicted molar refractivity (Wildman–Crippen MR) is 95.7 cm³/mol. The number of piperidine rings is 1. The quantitative estimate of drug-likeness (QED) is 0.818. The molecule has 2 fully saturated rings. The first kappa shape index (κ1) is 19.1. The van der Waals surface area contributed by atoms with Gasteiger partial charge in [0.15, 0.2) is 0 Å². The van der Waals surface area contributed by atoms with Crippen LogP contribution in [-0.2, 0) is 26.3 Å². The second-order valence-electron chi connectivity index (χ2n) is 6.40. The molecule has 26 heavy (non-hydrogen) atoms. The lowest BCUT2D eigenvalue weighted by atomic mass is 10.1. The summed E-state index contributed by atoms with van der Waals surface area (Å²) < 4.78 is 38.6. The van der Waals surface area contributed by atoms with Crippen LogP contribution in [0.4, 0.5) is 4.79 Å². The van der Waals surface area contributed by atoms with E-state index in [0.717, 1.165) is 5.56 Å². The van der Waals surface area contributed by atoms with Gasteiger partial charge in [-0.3, -0.25) is 0 Å². The molecule has 2 heterocycles. The largest absolute Gasteiger partial charge is 0.445 e. The fraction of sp³-hybridized carbons (Fsp3) is 0.588. The topological polar surface area (TPSA) is 88.2 Å². The number of hydrogen-bond acceptors (Lipinski definition) is 5. The van der Waals surface area contributed by atoms with E-state index in [1.165, 1.54) is 8.61 Å². The highest BCUT2D eigenvalue weighted by Crippen LogP contribution is 2.18. The molecule has 9 heteroatoms. The van der Waals surface area contributed by atoms with E-state index in [2.05, 4.69) is 5.32 Å². The molecule has 0 atom stereocenters. The van der Waals surface area contributed by atoms with E-state index in [0.29, 0.717) is 52.2 Å². The van der Waals surface area contributed by atoms with Gasteiger partial charge >= 0.3 is 6.09 Å². The van der Waals surface area contributed by atoms with Crippen molar-refractivity contribution in [1.29, 1.82) is 0 Å². The highest BCUT2D eigenvalue weighted by molar-refractivity contribution is 7.86. The van der Waals surface area contributed by atoms with Crippen LogP contribution in [-0.4, -0.2) is 68.6 Å². The molecule has 1 aromatic rings. The summed E-state index contributed by atoms with van der Waals surface area (Å²) in [6.45, 7) is 2.66. The van der Waals surface area contributed by atoms with Gasteiger partial charge in [0.05, 0.1) is 13.2 Å². The third-order valence-corrected chi connectivity index (χ3v) is 6.65. The van der Waals surface area contributed by atoms with Crippen molar-refractivity contribution in [3.05, 3.63) is 35.9 Å². The monoisotopic (exact) mass is 383 g/mol. The maximum absolute atomic E-state index is 12.6. The Labute approximate surface area is 154 Å². The Bertz CT molecular complexity index is 684. The number of nitrogens with zero attached hydrogens (tertiary/aromatic N) is 2. The molecule has 1 N–H and O–H groups in total. The SMILES string of the molecule is O=C(NC1CCN(S(=O)(=O)N2CCOCC2)CC1)OCc1ccccc1. The van der Waals surface area contributed by atoms with Crippen LogP contribution in [0, 0.1) is 0 Å². The average molecular weight is 383 g/mol. The van der Waals surface area contributed by atoms with E-state index in [1.54, 1.807) is 0 Å². The Hall–Kier alpha value is -1.68. The standard InChI is InChI=1S/C17H25N3O5S/c21-17(25-14-15-4-2-1-3-5-15)18-16-6-8-19(9-7-16)26(22,23)20-10-12-24-13-11-20/h1-5,16H,6-14H2,(H,18,21). The highest BCUT2D eigenvalue weighted by Gasteiger charge is 2.34.